The van der Waals surface area contributed by atoms with Crippen molar-refractivity contribution in [2.24, 2.45) is 0 Å². The van der Waals surface area contributed by atoms with Crippen molar-refractivity contribution in [1.82, 2.24) is 25.1 Å². The maximum absolute atomic E-state index is 5.81. The highest BCUT2D eigenvalue weighted by atomic mass is 16.5. The van der Waals surface area contributed by atoms with E-state index in [0.717, 1.165) is 11.3 Å². The Morgan fingerprint density at radius 1 is 0.778 bits per heavy atom. The van der Waals surface area contributed by atoms with Crippen LogP contribution >= 0.6 is 0 Å². The summed E-state index contributed by atoms with van der Waals surface area (Å²) in [6.45, 7) is 0. The average Bonchev–Trinajstić information content (AvgIpc) is 3.09. The van der Waals surface area contributed by atoms with E-state index in [1.165, 1.54) is 0 Å². The van der Waals surface area contributed by atoms with E-state index in [2.05, 4.69) is 30.4 Å². The summed E-state index contributed by atoms with van der Waals surface area (Å²) in [5.74, 6) is 2.01. The standard InChI is InChI=1S/C19H17N7O/c20-18-23-15(24-19(25-18)21-14-9-5-2-6-10-14)12-16-22-17(27-26-16)11-13-7-3-1-4-8-13/h1-10H,11-12H2,(H3,20,21,23,24,25). The van der Waals surface area contributed by atoms with E-state index in [0.29, 0.717) is 36.3 Å². The molecule has 134 valence electrons. The van der Waals surface area contributed by atoms with Gasteiger partial charge < -0.3 is 15.6 Å². The fraction of sp³-hybridized carbons (Fsp3) is 0.105. The number of nitrogens with one attached hydrogen (secondary N) is 1. The first-order valence-corrected chi connectivity index (χ1v) is 8.42. The van der Waals surface area contributed by atoms with Crippen LogP contribution in [0.3, 0.4) is 0 Å². The summed E-state index contributed by atoms with van der Waals surface area (Å²) in [5, 5.41) is 7.11. The number of aromatic nitrogens is 5. The Bertz CT molecular complexity index is 1020. The molecule has 8 nitrogen and oxygen atoms in total. The fourth-order valence-electron chi connectivity index (χ4n) is 2.57. The number of hydrogen-bond acceptors (Lipinski definition) is 8. The number of nitrogens with zero attached hydrogens (tertiary/aromatic N) is 5. The molecule has 0 saturated carbocycles. The van der Waals surface area contributed by atoms with Gasteiger partial charge in [0.25, 0.3) is 0 Å². The molecule has 0 radical (unpaired) electrons. The van der Waals surface area contributed by atoms with Crippen molar-refractivity contribution in [3.05, 3.63) is 83.8 Å². The number of anilines is 3. The van der Waals surface area contributed by atoms with Crippen molar-refractivity contribution in [3.63, 3.8) is 0 Å². The SMILES string of the molecule is Nc1nc(Cc2noc(Cc3ccccc3)n2)nc(Nc2ccccc2)n1. The smallest absolute Gasteiger partial charge is 0.232 e. The molecule has 4 rings (SSSR count). The summed E-state index contributed by atoms with van der Waals surface area (Å²) in [7, 11) is 0. The van der Waals surface area contributed by atoms with E-state index >= 15 is 0 Å². The van der Waals surface area contributed by atoms with Gasteiger partial charge in [-0.1, -0.05) is 53.7 Å². The minimum absolute atomic E-state index is 0.131. The lowest BCUT2D eigenvalue weighted by atomic mass is 10.1. The van der Waals surface area contributed by atoms with Gasteiger partial charge in [-0.3, -0.25) is 0 Å². The van der Waals surface area contributed by atoms with Crippen molar-refractivity contribution >= 4 is 17.6 Å². The lowest BCUT2D eigenvalue weighted by Gasteiger charge is -2.06. The number of rotatable bonds is 6. The van der Waals surface area contributed by atoms with Crippen LogP contribution in [0.5, 0.6) is 0 Å². The molecular formula is C19H17N7O. The molecule has 0 amide bonds. The van der Waals surface area contributed by atoms with Gasteiger partial charge in [-0.05, 0) is 17.7 Å². The van der Waals surface area contributed by atoms with Gasteiger partial charge in [-0.2, -0.15) is 19.9 Å². The summed E-state index contributed by atoms with van der Waals surface area (Å²) in [4.78, 5) is 17.1. The summed E-state index contributed by atoms with van der Waals surface area (Å²) >= 11 is 0. The average molecular weight is 359 g/mol. The van der Waals surface area contributed by atoms with Gasteiger partial charge in [0.15, 0.2) is 5.82 Å². The molecule has 0 atom stereocenters. The van der Waals surface area contributed by atoms with Crippen LogP contribution in [0.4, 0.5) is 17.6 Å². The topological polar surface area (TPSA) is 116 Å². The zero-order chi connectivity index (χ0) is 18.5. The van der Waals surface area contributed by atoms with E-state index in [1.807, 2.05) is 60.7 Å². The van der Waals surface area contributed by atoms with Crippen LogP contribution in [0.15, 0.2) is 65.2 Å². The maximum atomic E-state index is 5.81. The van der Waals surface area contributed by atoms with Gasteiger partial charge in [0, 0.05) is 5.69 Å². The molecule has 27 heavy (non-hydrogen) atoms. The van der Waals surface area contributed by atoms with E-state index < -0.39 is 0 Å². The van der Waals surface area contributed by atoms with Crippen LogP contribution in [-0.2, 0) is 12.8 Å². The summed E-state index contributed by atoms with van der Waals surface area (Å²) in [6, 6.07) is 19.5. The number of hydrogen-bond donors (Lipinski definition) is 2. The van der Waals surface area contributed by atoms with Crippen LogP contribution < -0.4 is 11.1 Å². The Morgan fingerprint density at radius 2 is 1.52 bits per heavy atom. The Kier molecular flexibility index (Phi) is 4.69. The predicted octanol–water partition coefficient (Wildman–Crippen LogP) is 2.76. The van der Waals surface area contributed by atoms with Gasteiger partial charge in [-0.15, -0.1) is 0 Å². The van der Waals surface area contributed by atoms with Crippen molar-refractivity contribution < 1.29 is 4.52 Å². The second-order valence-corrected chi connectivity index (χ2v) is 5.87. The first-order chi connectivity index (χ1) is 13.2. The largest absolute Gasteiger partial charge is 0.368 e. The van der Waals surface area contributed by atoms with Crippen LogP contribution in [0.25, 0.3) is 0 Å². The van der Waals surface area contributed by atoms with Crippen LogP contribution in [0.2, 0.25) is 0 Å². The molecule has 2 aromatic heterocycles. The van der Waals surface area contributed by atoms with Crippen LogP contribution in [0.1, 0.15) is 23.1 Å². The Labute approximate surface area is 155 Å². The summed E-state index contributed by atoms with van der Waals surface area (Å²) < 4.78 is 5.32. The molecule has 0 bridgehead atoms. The molecule has 0 spiro atoms. The third-order valence-electron chi connectivity index (χ3n) is 3.75. The predicted molar refractivity (Wildman–Crippen MR) is 100 cm³/mol. The quantitative estimate of drug-likeness (QED) is 0.540. The fourth-order valence-corrected chi connectivity index (χ4v) is 2.57. The van der Waals surface area contributed by atoms with Crippen LogP contribution in [-0.4, -0.2) is 25.1 Å². The highest BCUT2D eigenvalue weighted by molar-refractivity contribution is 5.53. The second-order valence-electron chi connectivity index (χ2n) is 5.87. The highest BCUT2D eigenvalue weighted by Crippen LogP contribution is 2.14. The number of nitrogens with two attached hydrogens (primary N) is 1. The highest BCUT2D eigenvalue weighted by Gasteiger charge is 2.12. The lowest BCUT2D eigenvalue weighted by molar-refractivity contribution is 0.380. The molecule has 3 N–H and O–H groups in total. The van der Waals surface area contributed by atoms with Crippen molar-refractivity contribution in [2.45, 2.75) is 12.8 Å². The molecule has 2 heterocycles. The third-order valence-corrected chi connectivity index (χ3v) is 3.75. The lowest BCUT2D eigenvalue weighted by Crippen LogP contribution is -2.08. The number of para-hydroxylation sites is 1. The van der Waals surface area contributed by atoms with E-state index in [9.17, 15) is 0 Å². The minimum atomic E-state index is 0.131. The Morgan fingerprint density at radius 3 is 2.30 bits per heavy atom. The van der Waals surface area contributed by atoms with E-state index in [-0.39, 0.29) is 5.95 Å². The van der Waals surface area contributed by atoms with E-state index in [4.69, 9.17) is 10.3 Å². The molecule has 0 aliphatic heterocycles. The van der Waals surface area contributed by atoms with Crippen LogP contribution in [0, 0.1) is 0 Å². The van der Waals surface area contributed by atoms with E-state index in [1.54, 1.807) is 0 Å². The Balaban J connectivity index is 1.48. The molecule has 2 aromatic carbocycles. The van der Waals surface area contributed by atoms with Gasteiger partial charge >= 0.3 is 0 Å². The number of nitrogen functional groups attached to an aromatic ring is 1. The molecule has 0 unspecified atom stereocenters. The first-order valence-electron chi connectivity index (χ1n) is 8.42. The molecule has 0 aliphatic rings. The molecule has 8 heteroatoms. The summed E-state index contributed by atoms with van der Waals surface area (Å²) in [5.41, 5.74) is 7.77. The molecule has 4 aromatic rings. The zero-order valence-electron chi connectivity index (χ0n) is 14.4. The van der Waals surface area contributed by atoms with Gasteiger partial charge in [0.1, 0.15) is 5.82 Å². The van der Waals surface area contributed by atoms with Crippen molar-refractivity contribution in [1.29, 1.82) is 0 Å². The monoisotopic (exact) mass is 359 g/mol. The zero-order valence-corrected chi connectivity index (χ0v) is 14.4. The maximum Gasteiger partial charge on any atom is 0.232 e. The molecule has 0 aliphatic carbocycles. The minimum Gasteiger partial charge on any atom is -0.368 e. The number of benzene rings is 2. The first kappa shape index (κ1) is 16.6. The molecule has 0 saturated heterocycles. The normalized spacial score (nSPS) is 10.7. The molecular weight excluding hydrogens is 342 g/mol. The van der Waals surface area contributed by atoms with Gasteiger partial charge in [0.05, 0.1) is 12.8 Å². The second kappa shape index (κ2) is 7.61. The third kappa shape index (κ3) is 4.43. The summed E-state index contributed by atoms with van der Waals surface area (Å²) in [6.07, 6.45) is 0.877. The van der Waals surface area contributed by atoms with Crippen molar-refractivity contribution in [3.8, 4) is 0 Å². The molecule has 0 fully saturated rings. The Hall–Kier alpha value is -3.81. The van der Waals surface area contributed by atoms with Gasteiger partial charge in [-0.25, -0.2) is 0 Å². The van der Waals surface area contributed by atoms with Gasteiger partial charge in [0.2, 0.25) is 17.8 Å². The van der Waals surface area contributed by atoms with Crippen molar-refractivity contribution in [2.75, 3.05) is 11.1 Å².